The van der Waals surface area contributed by atoms with Crippen molar-refractivity contribution >= 4 is 40.7 Å². The van der Waals surface area contributed by atoms with E-state index in [0.29, 0.717) is 27.5 Å². The van der Waals surface area contributed by atoms with Gasteiger partial charge < -0.3 is 10.2 Å². The Labute approximate surface area is 150 Å². The van der Waals surface area contributed by atoms with Gasteiger partial charge in [0.2, 0.25) is 5.95 Å². The zero-order valence-electron chi connectivity index (χ0n) is 12.9. The first-order chi connectivity index (χ1) is 11.6. The number of halogens is 2. The molecule has 0 spiro atoms. The first-order valence-corrected chi connectivity index (χ1v) is 8.03. The fraction of sp³-hybridized carbons (Fsp3) is 0.118. The van der Waals surface area contributed by atoms with E-state index in [2.05, 4.69) is 32.6 Å². The Morgan fingerprint density at radius 1 is 1.04 bits per heavy atom. The number of rotatable bonds is 5. The van der Waals surface area contributed by atoms with Gasteiger partial charge in [-0.05, 0) is 23.8 Å². The van der Waals surface area contributed by atoms with Crippen LogP contribution in [0, 0.1) is 0 Å². The molecule has 0 amide bonds. The van der Waals surface area contributed by atoms with Crippen LogP contribution < -0.4 is 10.2 Å². The standard InChI is InChI=1S/C17H15Cl2N5/c1-24(11-12-5-3-2-4-6-12)16-10-20-23-17(22-16)21-15-8-13(18)7-14(19)9-15/h2-10H,11H2,1H3,(H,21,22,23). The van der Waals surface area contributed by atoms with Crippen LogP contribution in [0.15, 0.2) is 54.7 Å². The molecule has 0 aliphatic rings. The Kier molecular flexibility index (Phi) is 5.13. The van der Waals surface area contributed by atoms with E-state index in [1.807, 2.05) is 30.1 Å². The van der Waals surface area contributed by atoms with Gasteiger partial charge in [-0.15, -0.1) is 5.10 Å². The van der Waals surface area contributed by atoms with Gasteiger partial charge in [0.25, 0.3) is 0 Å². The van der Waals surface area contributed by atoms with Crippen LogP contribution in [0.25, 0.3) is 0 Å². The normalized spacial score (nSPS) is 10.5. The molecule has 0 unspecified atom stereocenters. The van der Waals surface area contributed by atoms with Crippen LogP contribution in [-0.4, -0.2) is 22.2 Å². The summed E-state index contributed by atoms with van der Waals surface area (Å²) >= 11 is 12.0. The van der Waals surface area contributed by atoms with E-state index in [1.54, 1.807) is 24.4 Å². The van der Waals surface area contributed by atoms with Crippen molar-refractivity contribution in [1.29, 1.82) is 0 Å². The zero-order valence-corrected chi connectivity index (χ0v) is 14.5. The maximum atomic E-state index is 6.00. The Balaban J connectivity index is 1.76. The van der Waals surface area contributed by atoms with Gasteiger partial charge >= 0.3 is 0 Å². The number of benzene rings is 2. The molecule has 0 atom stereocenters. The van der Waals surface area contributed by atoms with Crippen LogP contribution in [0.2, 0.25) is 10.0 Å². The summed E-state index contributed by atoms with van der Waals surface area (Å²) in [6, 6.07) is 15.3. The van der Waals surface area contributed by atoms with E-state index in [9.17, 15) is 0 Å². The van der Waals surface area contributed by atoms with Gasteiger partial charge in [-0.2, -0.15) is 10.1 Å². The highest BCUT2D eigenvalue weighted by Crippen LogP contribution is 2.24. The van der Waals surface area contributed by atoms with Crippen molar-refractivity contribution in [3.05, 3.63) is 70.3 Å². The number of anilines is 3. The molecule has 3 rings (SSSR count). The van der Waals surface area contributed by atoms with Crippen LogP contribution >= 0.6 is 23.2 Å². The quantitative estimate of drug-likeness (QED) is 0.723. The molecule has 1 aromatic heterocycles. The predicted molar refractivity (Wildman–Crippen MR) is 98.1 cm³/mol. The molecule has 0 aliphatic carbocycles. The summed E-state index contributed by atoms with van der Waals surface area (Å²) in [5, 5.41) is 12.1. The largest absolute Gasteiger partial charge is 0.354 e. The summed E-state index contributed by atoms with van der Waals surface area (Å²) in [6.45, 7) is 0.724. The lowest BCUT2D eigenvalue weighted by Gasteiger charge is -2.18. The first-order valence-electron chi connectivity index (χ1n) is 7.28. The monoisotopic (exact) mass is 359 g/mol. The van der Waals surface area contributed by atoms with Gasteiger partial charge in [-0.1, -0.05) is 53.5 Å². The average molecular weight is 360 g/mol. The van der Waals surface area contributed by atoms with Gasteiger partial charge in [-0.25, -0.2) is 0 Å². The second-order valence-electron chi connectivity index (χ2n) is 5.26. The SMILES string of the molecule is CN(Cc1ccccc1)c1cnnc(Nc2cc(Cl)cc(Cl)c2)n1. The Morgan fingerprint density at radius 3 is 2.46 bits per heavy atom. The molecular formula is C17H15Cl2N5. The number of nitrogens with one attached hydrogen (secondary N) is 1. The van der Waals surface area contributed by atoms with Crippen LogP contribution in [0.5, 0.6) is 0 Å². The van der Waals surface area contributed by atoms with Gasteiger partial charge in [0.05, 0.1) is 6.20 Å². The summed E-state index contributed by atoms with van der Waals surface area (Å²) < 4.78 is 0. The Hall–Kier alpha value is -2.37. The van der Waals surface area contributed by atoms with E-state index in [-0.39, 0.29) is 0 Å². The molecule has 1 N–H and O–H groups in total. The van der Waals surface area contributed by atoms with Gasteiger partial charge in [0.15, 0.2) is 5.82 Å². The van der Waals surface area contributed by atoms with E-state index in [0.717, 1.165) is 6.54 Å². The topological polar surface area (TPSA) is 53.9 Å². The summed E-state index contributed by atoms with van der Waals surface area (Å²) in [5.41, 5.74) is 1.90. The van der Waals surface area contributed by atoms with Gasteiger partial charge in [0.1, 0.15) is 0 Å². The number of hydrogen-bond donors (Lipinski definition) is 1. The third-order valence-corrected chi connectivity index (χ3v) is 3.75. The Morgan fingerprint density at radius 2 is 1.75 bits per heavy atom. The number of hydrogen-bond acceptors (Lipinski definition) is 5. The van der Waals surface area contributed by atoms with Crippen LogP contribution in [0.4, 0.5) is 17.5 Å². The highest BCUT2D eigenvalue weighted by Gasteiger charge is 2.07. The lowest BCUT2D eigenvalue weighted by atomic mass is 10.2. The third-order valence-electron chi connectivity index (χ3n) is 3.32. The van der Waals surface area contributed by atoms with Crippen molar-refractivity contribution in [3.8, 4) is 0 Å². The fourth-order valence-corrected chi connectivity index (χ4v) is 2.75. The fourth-order valence-electron chi connectivity index (χ4n) is 2.23. The second kappa shape index (κ2) is 7.47. The third kappa shape index (κ3) is 4.34. The molecule has 0 fully saturated rings. The second-order valence-corrected chi connectivity index (χ2v) is 6.14. The van der Waals surface area contributed by atoms with Crippen molar-refractivity contribution < 1.29 is 0 Å². The predicted octanol–water partition coefficient (Wildman–Crippen LogP) is 4.56. The van der Waals surface area contributed by atoms with Crippen molar-refractivity contribution in [1.82, 2.24) is 15.2 Å². The molecule has 0 bridgehead atoms. The molecular weight excluding hydrogens is 345 g/mol. The van der Waals surface area contributed by atoms with Crippen molar-refractivity contribution in [2.24, 2.45) is 0 Å². The Bertz CT molecular complexity index is 806. The molecule has 0 aliphatic heterocycles. The minimum absolute atomic E-state index is 0.380. The summed E-state index contributed by atoms with van der Waals surface area (Å²) in [6.07, 6.45) is 1.62. The molecule has 0 radical (unpaired) electrons. The van der Waals surface area contributed by atoms with Crippen molar-refractivity contribution in [2.75, 3.05) is 17.3 Å². The van der Waals surface area contributed by atoms with Gasteiger partial charge in [0, 0.05) is 29.3 Å². The average Bonchev–Trinajstić information content (AvgIpc) is 2.55. The molecule has 2 aromatic carbocycles. The molecule has 24 heavy (non-hydrogen) atoms. The van der Waals surface area contributed by atoms with Crippen LogP contribution in [0.1, 0.15) is 5.56 Å². The zero-order chi connectivity index (χ0) is 16.9. The number of aromatic nitrogens is 3. The van der Waals surface area contributed by atoms with Gasteiger partial charge in [-0.3, -0.25) is 0 Å². The number of nitrogens with zero attached hydrogens (tertiary/aromatic N) is 4. The minimum atomic E-state index is 0.380. The summed E-state index contributed by atoms with van der Waals surface area (Å²) in [7, 11) is 1.96. The van der Waals surface area contributed by atoms with Crippen LogP contribution in [-0.2, 0) is 6.54 Å². The smallest absolute Gasteiger partial charge is 0.249 e. The molecule has 0 saturated carbocycles. The lowest BCUT2D eigenvalue weighted by molar-refractivity contribution is 0.866. The lowest BCUT2D eigenvalue weighted by Crippen LogP contribution is -2.18. The molecule has 7 heteroatoms. The molecule has 5 nitrogen and oxygen atoms in total. The van der Waals surface area contributed by atoms with Crippen molar-refractivity contribution in [2.45, 2.75) is 6.54 Å². The molecule has 122 valence electrons. The van der Waals surface area contributed by atoms with E-state index in [1.165, 1.54) is 5.56 Å². The maximum Gasteiger partial charge on any atom is 0.249 e. The first kappa shape index (κ1) is 16.5. The molecule has 0 saturated heterocycles. The maximum absolute atomic E-state index is 6.00. The van der Waals surface area contributed by atoms with E-state index >= 15 is 0 Å². The minimum Gasteiger partial charge on any atom is -0.354 e. The van der Waals surface area contributed by atoms with E-state index in [4.69, 9.17) is 23.2 Å². The van der Waals surface area contributed by atoms with Crippen LogP contribution in [0.3, 0.4) is 0 Å². The highest BCUT2D eigenvalue weighted by molar-refractivity contribution is 6.35. The summed E-state index contributed by atoms with van der Waals surface area (Å²) in [5.74, 6) is 1.09. The molecule has 1 heterocycles. The van der Waals surface area contributed by atoms with E-state index < -0.39 is 0 Å². The summed E-state index contributed by atoms with van der Waals surface area (Å²) in [4.78, 5) is 6.48. The highest BCUT2D eigenvalue weighted by atomic mass is 35.5. The van der Waals surface area contributed by atoms with Crippen molar-refractivity contribution in [3.63, 3.8) is 0 Å². The molecule has 3 aromatic rings.